The number of rotatable bonds is 4. The van der Waals surface area contributed by atoms with Crippen LogP contribution in [0, 0.1) is 26.6 Å². The maximum atomic E-state index is 13.7. The van der Waals surface area contributed by atoms with Crippen LogP contribution >= 0.6 is 11.6 Å². The molecule has 0 aliphatic heterocycles. The Morgan fingerprint density at radius 1 is 1.10 bits per heavy atom. The molecule has 2 aromatic rings. The maximum Gasteiger partial charge on any atom is 0.131 e. The van der Waals surface area contributed by atoms with Crippen LogP contribution < -0.4 is 10.5 Å². The zero-order chi connectivity index (χ0) is 15.6. The van der Waals surface area contributed by atoms with Crippen LogP contribution in [0.15, 0.2) is 24.3 Å². The molecule has 2 N–H and O–H groups in total. The second-order valence-corrected chi connectivity index (χ2v) is 5.55. The molecule has 2 aromatic carbocycles. The van der Waals surface area contributed by atoms with Crippen molar-refractivity contribution in [3.63, 3.8) is 0 Å². The summed E-state index contributed by atoms with van der Waals surface area (Å²) in [5.41, 5.74) is 8.87. The SMILES string of the molecule is Cc1cc(Oc2ccc(Cl)c(C)c2C)c(CCN)cc1F. The molecule has 0 aliphatic rings. The summed E-state index contributed by atoms with van der Waals surface area (Å²) >= 11 is 6.09. The topological polar surface area (TPSA) is 35.2 Å². The van der Waals surface area contributed by atoms with Gasteiger partial charge in [0.2, 0.25) is 0 Å². The van der Waals surface area contributed by atoms with E-state index in [-0.39, 0.29) is 5.82 Å². The second-order valence-electron chi connectivity index (χ2n) is 5.15. The van der Waals surface area contributed by atoms with Gasteiger partial charge in [-0.2, -0.15) is 0 Å². The smallest absolute Gasteiger partial charge is 0.131 e. The molecule has 0 fully saturated rings. The van der Waals surface area contributed by atoms with Crippen LogP contribution in [0.4, 0.5) is 4.39 Å². The van der Waals surface area contributed by atoms with Crippen molar-refractivity contribution in [2.75, 3.05) is 6.54 Å². The third-order valence-electron chi connectivity index (χ3n) is 3.65. The van der Waals surface area contributed by atoms with Gasteiger partial charge in [0.05, 0.1) is 0 Å². The van der Waals surface area contributed by atoms with Crippen molar-refractivity contribution in [3.8, 4) is 11.5 Å². The molecule has 0 unspecified atom stereocenters. The summed E-state index contributed by atoms with van der Waals surface area (Å²) in [6.45, 7) is 6.06. The summed E-state index contributed by atoms with van der Waals surface area (Å²) in [5, 5.41) is 0.706. The van der Waals surface area contributed by atoms with Gasteiger partial charge in [-0.3, -0.25) is 0 Å². The first-order chi connectivity index (χ1) is 9.93. The molecular weight excluding hydrogens is 289 g/mol. The van der Waals surface area contributed by atoms with Crippen molar-refractivity contribution in [1.82, 2.24) is 0 Å². The molecule has 2 nitrogen and oxygen atoms in total. The molecule has 112 valence electrons. The predicted molar refractivity (Wildman–Crippen MR) is 84.9 cm³/mol. The molecule has 21 heavy (non-hydrogen) atoms. The number of halogens is 2. The number of nitrogens with two attached hydrogens (primary N) is 1. The lowest BCUT2D eigenvalue weighted by Gasteiger charge is -2.15. The van der Waals surface area contributed by atoms with Gasteiger partial charge in [0.15, 0.2) is 0 Å². The van der Waals surface area contributed by atoms with E-state index in [1.165, 1.54) is 6.07 Å². The van der Waals surface area contributed by atoms with E-state index in [0.29, 0.717) is 29.3 Å². The normalized spacial score (nSPS) is 10.8. The summed E-state index contributed by atoms with van der Waals surface area (Å²) in [6.07, 6.45) is 0.568. The average molecular weight is 308 g/mol. The highest BCUT2D eigenvalue weighted by Gasteiger charge is 2.12. The van der Waals surface area contributed by atoms with Crippen LogP contribution in [0.2, 0.25) is 5.02 Å². The summed E-state index contributed by atoms with van der Waals surface area (Å²) < 4.78 is 19.7. The van der Waals surface area contributed by atoms with Crippen molar-refractivity contribution in [2.45, 2.75) is 27.2 Å². The Labute approximate surface area is 129 Å². The number of hydrogen-bond acceptors (Lipinski definition) is 2. The third kappa shape index (κ3) is 3.36. The Hall–Kier alpha value is -1.58. The summed E-state index contributed by atoms with van der Waals surface area (Å²) in [4.78, 5) is 0. The Balaban J connectivity index is 2.43. The molecule has 0 saturated heterocycles. The number of hydrogen-bond donors (Lipinski definition) is 1. The van der Waals surface area contributed by atoms with Gasteiger partial charge in [-0.25, -0.2) is 4.39 Å². The molecule has 2 rings (SSSR count). The quantitative estimate of drug-likeness (QED) is 0.888. The fourth-order valence-corrected chi connectivity index (χ4v) is 2.34. The van der Waals surface area contributed by atoms with E-state index >= 15 is 0 Å². The minimum Gasteiger partial charge on any atom is -0.457 e. The summed E-state index contributed by atoms with van der Waals surface area (Å²) in [6, 6.07) is 6.84. The minimum absolute atomic E-state index is 0.241. The van der Waals surface area contributed by atoms with E-state index < -0.39 is 0 Å². The van der Waals surface area contributed by atoms with Crippen molar-refractivity contribution in [2.24, 2.45) is 5.73 Å². The maximum absolute atomic E-state index is 13.7. The zero-order valence-electron chi connectivity index (χ0n) is 12.5. The first-order valence-corrected chi connectivity index (χ1v) is 7.24. The van der Waals surface area contributed by atoms with Gasteiger partial charge in [-0.1, -0.05) is 11.6 Å². The fourth-order valence-electron chi connectivity index (χ4n) is 2.13. The fraction of sp³-hybridized carbons (Fsp3) is 0.294. The molecule has 0 aromatic heterocycles. The van der Waals surface area contributed by atoms with Crippen LogP contribution in [0.5, 0.6) is 11.5 Å². The average Bonchev–Trinajstić information content (AvgIpc) is 2.45. The Bertz CT molecular complexity index is 670. The van der Waals surface area contributed by atoms with E-state index in [4.69, 9.17) is 22.1 Å². The van der Waals surface area contributed by atoms with E-state index in [9.17, 15) is 4.39 Å². The van der Waals surface area contributed by atoms with Crippen LogP contribution in [-0.4, -0.2) is 6.54 Å². The molecular formula is C17H19ClFNO. The lowest BCUT2D eigenvalue weighted by molar-refractivity contribution is 0.468. The first-order valence-electron chi connectivity index (χ1n) is 6.86. The van der Waals surface area contributed by atoms with Gasteiger partial charge in [-0.15, -0.1) is 0 Å². The van der Waals surface area contributed by atoms with Gasteiger partial charge in [0.25, 0.3) is 0 Å². The van der Waals surface area contributed by atoms with Gasteiger partial charge >= 0.3 is 0 Å². The zero-order valence-corrected chi connectivity index (χ0v) is 13.2. The van der Waals surface area contributed by atoms with E-state index in [1.54, 1.807) is 19.1 Å². The van der Waals surface area contributed by atoms with Crippen molar-refractivity contribution < 1.29 is 9.13 Å². The number of benzene rings is 2. The minimum atomic E-state index is -0.241. The highest BCUT2D eigenvalue weighted by atomic mass is 35.5. The highest BCUT2D eigenvalue weighted by Crippen LogP contribution is 2.33. The molecule has 0 bridgehead atoms. The van der Waals surface area contributed by atoms with E-state index in [2.05, 4.69) is 0 Å². The van der Waals surface area contributed by atoms with Crippen LogP contribution in [0.25, 0.3) is 0 Å². The molecule has 0 radical (unpaired) electrons. The second kappa shape index (κ2) is 6.46. The van der Waals surface area contributed by atoms with Gasteiger partial charge < -0.3 is 10.5 Å². The Morgan fingerprint density at radius 3 is 2.48 bits per heavy atom. The van der Waals surface area contributed by atoms with Crippen molar-refractivity contribution >= 4 is 11.6 Å². The molecule has 0 amide bonds. The molecule has 0 atom stereocenters. The van der Waals surface area contributed by atoms with Gasteiger partial charge in [0, 0.05) is 5.02 Å². The molecule has 0 aliphatic carbocycles. The predicted octanol–water partition coefficient (Wildman–Crippen LogP) is 4.70. The van der Waals surface area contributed by atoms with Crippen LogP contribution in [0.3, 0.4) is 0 Å². The van der Waals surface area contributed by atoms with Gasteiger partial charge in [-0.05, 0) is 80.3 Å². The largest absolute Gasteiger partial charge is 0.457 e. The van der Waals surface area contributed by atoms with Crippen molar-refractivity contribution in [3.05, 3.63) is 57.4 Å². The molecule has 0 heterocycles. The van der Waals surface area contributed by atoms with Crippen molar-refractivity contribution in [1.29, 1.82) is 0 Å². The Kier molecular flexibility index (Phi) is 4.86. The third-order valence-corrected chi connectivity index (χ3v) is 4.06. The van der Waals surface area contributed by atoms with Crippen LogP contribution in [-0.2, 0) is 6.42 Å². The van der Waals surface area contributed by atoms with E-state index in [0.717, 1.165) is 22.4 Å². The summed E-state index contributed by atoms with van der Waals surface area (Å²) in [5.74, 6) is 1.13. The lowest BCUT2D eigenvalue weighted by Crippen LogP contribution is -2.05. The molecule has 4 heteroatoms. The highest BCUT2D eigenvalue weighted by molar-refractivity contribution is 6.31. The van der Waals surface area contributed by atoms with Gasteiger partial charge in [0.1, 0.15) is 17.3 Å². The lowest BCUT2D eigenvalue weighted by atomic mass is 10.1. The first kappa shape index (κ1) is 15.8. The van der Waals surface area contributed by atoms with E-state index in [1.807, 2.05) is 19.9 Å². The Morgan fingerprint density at radius 2 is 1.81 bits per heavy atom. The molecule has 0 spiro atoms. The summed E-state index contributed by atoms with van der Waals surface area (Å²) in [7, 11) is 0. The van der Waals surface area contributed by atoms with Crippen LogP contribution in [0.1, 0.15) is 22.3 Å². The number of aryl methyl sites for hydroxylation is 1. The molecule has 0 saturated carbocycles. The monoisotopic (exact) mass is 307 g/mol. The number of ether oxygens (including phenoxy) is 1. The standard InChI is InChI=1S/C17H19ClFNO/c1-10-8-17(13(6-7-20)9-15(10)19)21-16-5-4-14(18)11(2)12(16)3/h4-5,8-9H,6-7,20H2,1-3H3.